The maximum absolute atomic E-state index is 5.74. The van der Waals surface area contributed by atoms with Crippen molar-refractivity contribution in [1.82, 2.24) is 30.2 Å². The van der Waals surface area contributed by atoms with Crippen LogP contribution in [0.1, 0.15) is 38.0 Å². The molecule has 0 radical (unpaired) electrons. The van der Waals surface area contributed by atoms with Gasteiger partial charge < -0.3 is 14.7 Å². The van der Waals surface area contributed by atoms with E-state index in [1.165, 1.54) is 19.3 Å². The molecule has 28 heavy (non-hydrogen) atoms. The minimum Gasteiger partial charge on any atom is -0.357 e. The average Bonchev–Trinajstić information content (AvgIpc) is 3.48. The van der Waals surface area contributed by atoms with Crippen LogP contribution in [0, 0.1) is 0 Å². The molecule has 0 atom stereocenters. The van der Waals surface area contributed by atoms with Crippen molar-refractivity contribution < 1.29 is 4.52 Å². The van der Waals surface area contributed by atoms with Gasteiger partial charge >= 0.3 is 0 Å². The van der Waals surface area contributed by atoms with E-state index < -0.39 is 0 Å². The second kappa shape index (κ2) is 7.35. The first kappa shape index (κ1) is 17.4. The molecular weight excluding hydrogens is 354 g/mol. The smallest absolute Gasteiger partial charge is 0.255 e. The maximum Gasteiger partial charge on any atom is 0.255 e. The van der Waals surface area contributed by atoms with Crippen LogP contribution in [0.15, 0.2) is 41.3 Å². The monoisotopic (exact) mass is 379 g/mol. The number of nitrogens with one attached hydrogen (secondary N) is 1. The molecule has 8 nitrogen and oxygen atoms in total. The number of aromatic nitrogens is 5. The van der Waals surface area contributed by atoms with Gasteiger partial charge in [0.05, 0.1) is 0 Å². The fourth-order valence-corrected chi connectivity index (χ4v) is 4.26. The minimum atomic E-state index is -0.388. The summed E-state index contributed by atoms with van der Waals surface area (Å²) in [6, 6.07) is 6.03. The van der Waals surface area contributed by atoms with E-state index in [2.05, 4.69) is 31.5 Å². The van der Waals surface area contributed by atoms with Crippen molar-refractivity contribution in [2.45, 2.75) is 37.6 Å². The molecule has 5 heterocycles. The van der Waals surface area contributed by atoms with E-state index in [-0.39, 0.29) is 5.54 Å². The summed E-state index contributed by atoms with van der Waals surface area (Å²) in [5, 5.41) is 12.1. The maximum atomic E-state index is 5.74. The molecule has 0 spiro atoms. The molecule has 3 aromatic heterocycles. The quantitative estimate of drug-likeness (QED) is 0.745. The number of anilines is 1. The molecular formula is C20H25N7O. The Morgan fingerprint density at radius 2 is 1.93 bits per heavy atom. The summed E-state index contributed by atoms with van der Waals surface area (Å²) in [4.78, 5) is 11.7. The van der Waals surface area contributed by atoms with Crippen LogP contribution in [0.2, 0.25) is 0 Å². The van der Waals surface area contributed by atoms with Crippen molar-refractivity contribution >= 4 is 5.82 Å². The summed E-state index contributed by atoms with van der Waals surface area (Å²) in [5.74, 6) is 2.23. The molecule has 0 aliphatic carbocycles. The van der Waals surface area contributed by atoms with Gasteiger partial charge in [-0.3, -0.25) is 4.68 Å². The molecule has 146 valence electrons. The third-order valence-corrected chi connectivity index (χ3v) is 5.88. The highest BCUT2D eigenvalue weighted by molar-refractivity contribution is 5.56. The fraction of sp³-hybridized carbons (Fsp3) is 0.500. The van der Waals surface area contributed by atoms with E-state index in [9.17, 15) is 0 Å². The lowest BCUT2D eigenvalue weighted by atomic mass is 9.88. The van der Waals surface area contributed by atoms with Crippen LogP contribution in [-0.2, 0) is 5.54 Å². The zero-order chi connectivity index (χ0) is 18.8. The first-order valence-electron chi connectivity index (χ1n) is 10.1. The molecule has 3 aromatic rings. The Morgan fingerprint density at radius 1 is 1.07 bits per heavy atom. The van der Waals surface area contributed by atoms with Gasteiger partial charge in [-0.25, -0.2) is 4.98 Å². The Morgan fingerprint density at radius 3 is 2.64 bits per heavy atom. The van der Waals surface area contributed by atoms with Crippen LogP contribution in [0.3, 0.4) is 0 Å². The van der Waals surface area contributed by atoms with E-state index in [1.54, 1.807) is 6.20 Å². The first-order valence-corrected chi connectivity index (χ1v) is 10.1. The Hall–Kier alpha value is -2.74. The normalized spacial score (nSPS) is 19.6. The van der Waals surface area contributed by atoms with Crippen molar-refractivity contribution in [3.8, 4) is 11.4 Å². The fourth-order valence-electron chi connectivity index (χ4n) is 4.26. The van der Waals surface area contributed by atoms with Crippen LogP contribution in [0.25, 0.3) is 11.4 Å². The molecule has 5 rings (SSSR count). The van der Waals surface area contributed by atoms with Crippen molar-refractivity contribution in [1.29, 1.82) is 0 Å². The third-order valence-electron chi connectivity index (χ3n) is 5.88. The van der Waals surface area contributed by atoms with Crippen LogP contribution in [0.5, 0.6) is 0 Å². The zero-order valence-electron chi connectivity index (χ0n) is 15.9. The van der Waals surface area contributed by atoms with Crippen molar-refractivity contribution in [2.75, 3.05) is 31.1 Å². The number of nitrogens with zero attached hydrogens (tertiary/aromatic N) is 6. The lowest BCUT2D eigenvalue weighted by Gasteiger charge is -2.34. The summed E-state index contributed by atoms with van der Waals surface area (Å²) in [5.41, 5.74) is 0.488. The van der Waals surface area contributed by atoms with Crippen molar-refractivity contribution in [3.05, 3.63) is 42.7 Å². The predicted molar refractivity (Wildman–Crippen MR) is 105 cm³/mol. The second-order valence-corrected chi connectivity index (χ2v) is 7.61. The van der Waals surface area contributed by atoms with Gasteiger partial charge in [0.1, 0.15) is 11.4 Å². The van der Waals surface area contributed by atoms with Gasteiger partial charge in [0.25, 0.3) is 5.89 Å². The number of pyridine rings is 1. The lowest BCUT2D eigenvalue weighted by molar-refractivity contribution is 0.172. The third kappa shape index (κ3) is 3.07. The molecule has 8 heteroatoms. The highest BCUT2D eigenvalue weighted by Crippen LogP contribution is 2.34. The number of hydrogen-bond acceptors (Lipinski definition) is 7. The molecule has 2 fully saturated rings. The Bertz CT molecular complexity index is 891. The van der Waals surface area contributed by atoms with Crippen LogP contribution < -0.4 is 10.2 Å². The van der Waals surface area contributed by atoms with Gasteiger partial charge in [-0.2, -0.15) is 10.1 Å². The summed E-state index contributed by atoms with van der Waals surface area (Å²) in [6.07, 6.45) is 11.1. The summed E-state index contributed by atoms with van der Waals surface area (Å²) < 4.78 is 7.71. The van der Waals surface area contributed by atoms with E-state index in [1.807, 2.05) is 29.2 Å². The predicted octanol–water partition coefficient (Wildman–Crippen LogP) is 2.45. The molecule has 1 N–H and O–H groups in total. The molecule has 2 saturated heterocycles. The zero-order valence-corrected chi connectivity index (χ0v) is 15.9. The van der Waals surface area contributed by atoms with Gasteiger partial charge in [-0.1, -0.05) is 5.16 Å². The van der Waals surface area contributed by atoms with Gasteiger partial charge in [0, 0.05) is 37.2 Å². The second-order valence-electron chi connectivity index (χ2n) is 7.61. The molecule has 0 aromatic carbocycles. The van der Waals surface area contributed by atoms with Gasteiger partial charge in [-0.05, 0) is 63.4 Å². The summed E-state index contributed by atoms with van der Waals surface area (Å²) in [7, 11) is 0. The van der Waals surface area contributed by atoms with Crippen LogP contribution >= 0.6 is 0 Å². The van der Waals surface area contributed by atoms with Crippen molar-refractivity contribution in [3.63, 3.8) is 0 Å². The van der Waals surface area contributed by atoms with E-state index in [0.29, 0.717) is 11.7 Å². The first-order chi connectivity index (χ1) is 13.9. The van der Waals surface area contributed by atoms with Crippen LogP contribution in [-0.4, -0.2) is 51.1 Å². The minimum absolute atomic E-state index is 0.388. The van der Waals surface area contributed by atoms with Gasteiger partial charge in [-0.15, -0.1) is 0 Å². The molecule has 2 aliphatic heterocycles. The van der Waals surface area contributed by atoms with E-state index in [0.717, 1.165) is 50.4 Å². The number of rotatable bonds is 4. The van der Waals surface area contributed by atoms with Gasteiger partial charge in [0.2, 0.25) is 5.82 Å². The highest BCUT2D eigenvalue weighted by atomic mass is 16.5. The highest BCUT2D eigenvalue weighted by Gasteiger charge is 2.41. The van der Waals surface area contributed by atoms with Crippen LogP contribution in [0.4, 0.5) is 5.82 Å². The van der Waals surface area contributed by atoms with E-state index >= 15 is 0 Å². The molecule has 2 aliphatic rings. The SMILES string of the molecule is c1cnn(C2(c3nc(-c4ccc(N5CCCCC5)nc4)no3)CCNCC2)c1. The standard InChI is InChI=1S/C20H25N7O/c1-2-12-26(13-3-1)17-6-5-16(15-22-17)18-24-19(28-25-18)20(7-10-21-11-8-20)27-14-4-9-23-27/h4-6,9,14-15,21H,1-3,7-8,10-13H2. The summed E-state index contributed by atoms with van der Waals surface area (Å²) >= 11 is 0. The Kier molecular flexibility index (Phi) is 4.56. The summed E-state index contributed by atoms with van der Waals surface area (Å²) in [6.45, 7) is 3.95. The number of hydrogen-bond donors (Lipinski definition) is 1. The topological polar surface area (TPSA) is 84.9 Å². The Balaban J connectivity index is 1.42. The largest absolute Gasteiger partial charge is 0.357 e. The number of piperidine rings is 2. The molecule has 0 amide bonds. The van der Waals surface area contributed by atoms with E-state index in [4.69, 9.17) is 9.51 Å². The van der Waals surface area contributed by atoms with Crippen molar-refractivity contribution in [2.24, 2.45) is 0 Å². The van der Waals surface area contributed by atoms with Gasteiger partial charge in [0.15, 0.2) is 0 Å². The molecule has 0 unspecified atom stereocenters. The molecule has 0 bridgehead atoms. The molecule has 0 saturated carbocycles. The average molecular weight is 379 g/mol. The Labute approximate surface area is 164 Å². The lowest BCUT2D eigenvalue weighted by Crippen LogP contribution is -2.45.